The molecule has 1 amide bonds. The standard InChI is InChI=1S/C21H26ClN3O3.C4H4O4/c1-14(15-6-4-3-5-7-15)25-8-9-28-16(13-25)12-24-21(26)17-10-18(22)19(23)11-20(17)27-2;5-3(6)1-2-4(7)8/h3-7,10-11,14,16H,8-9,12-13,23H2,1-2H3,(H,24,26);1-2H,(H,5,6)(H,7,8)/b;2-1+. The molecule has 1 aliphatic heterocycles. The van der Waals surface area contributed by atoms with E-state index in [4.69, 9.17) is 37.0 Å². The third-order valence-electron chi connectivity index (χ3n) is 5.42. The number of hydrogen-bond donors (Lipinski definition) is 4. The van der Waals surface area contributed by atoms with Gasteiger partial charge in [0.05, 0.1) is 36.1 Å². The summed E-state index contributed by atoms with van der Waals surface area (Å²) in [5.41, 5.74) is 7.78. The van der Waals surface area contributed by atoms with Crippen molar-refractivity contribution in [2.45, 2.75) is 19.1 Å². The quantitative estimate of drug-likeness (QED) is 0.304. The number of carbonyl (C=O) groups excluding carboxylic acids is 1. The highest BCUT2D eigenvalue weighted by Gasteiger charge is 2.26. The predicted octanol–water partition coefficient (Wildman–Crippen LogP) is 2.83. The zero-order chi connectivity index (χ0) is 26.7. The summed E-state index contributed by atoms with van der Waals surface area (Å²) in [5.74, 6) is -2.39. The first-order valence-electron chi connectivity index (χ1n) is 11.1. The van der Waals surface area contributed by atoms with Crippen LogP contribution in [0, 0.1) is 0 Å². The number of benzene rings is 2. The number of rotatable bonds is 8. The number of halogens is 1. The Morgan fingerprint density at radius 2 is 1.86 bits per heavy atom. The molecule has 0 aromatic heterocycles. The van der Waals surface area contributed by atoms with Gasteiger partial charge in [-0.2, -0.15) is 0 Å². The molecule has 36 heavy (non-hydrogen) atoms. The summed E-state index contributed by atoms with van der Waals surface area (Å²) >= 11 is 6.06. The number of anilines is 1. The summed E-state index contributed by atoms with van der Waals surface area (Å²) in [6.45, 7) is 4.84. The summed E-state index contributed by atoms with van der Waals surface area (Å²) in [7, 11) is 1.49. The number of hydrogen-bond acceptors (Lipinski definition) is 7. The third kappa shape index (κ3) is 8.88. The fraction of sp³-hybridized carbons (Fsp3) is 0.320. The molecular formula is C25H30ClN3O7. The predicted molar refractivity (Wildman–Crippen MR) is 135 cm³/mol. The van der Waals surface area contributed by atoms with E-state index in [9.17, 15) is 14.4 Å². The molecule has 11 heteroatoms. The van der Waals surface area contributed by atoms with E-state index in [2.05, 4.69) is 41.4 Å². The highest BCUT2D eigenvalue weighted by atomic mass is 35.5. The number of carboxylic acid groups (broad SMARTS) is 2. The van der Waals surface area contributed by atoms with Gasteiger partial charge in [0.2, 0.25) is 0 Å². The Balaban J connectivity index is 0.000000493. The Bertz CT molecular complexity index is 1060. The molecule has 1 saturated heterocycles. The van der Waals surface area contributed by atoms with Gasteiger partial charge >= 0.3 is 11.9 Å². The molecule has 0 spiro atoms. The number of carbonyl (C=O) groups is 3. The van der Waals surface area contributed by atoms with Crippen molar-refractivity contribution >= 4 is 35.1 Å². The van der Waals surface area contributed by atoms with Crippen molar-refractivity contribution in [2.75, 3.05) is 39.1 Å². The molecule has 1 aliphatic rings. The number of carboxylic acids is 2. The number of aliphatic carboxylic acids is 2. The molecule has 194 valence electrons. The van der Waals surface area contributed by atoms with Crippen molar-refractivity contribution < 1.29 is 34.1 Å². The molecule has 0 saturated carbocycles. The topological polar surface area (TPSA) is 151 Å². The lowest BCUT2D eigenvalue weighted by Crippen LogP contribution is -2.48. The highest BCUT2D eigenvalue weighted by Crippen LogP contribution is 2.29. The Morgan fingerprint density at radius 3 is 2.44 bits per heavy atom. The number of morpholine rings is 1. The van der Waals surface area contributed by atoms with E-state index < -0.39 is 11.9 Å². The summed E-state index contributed by atoms with van der Waals surface area (Å²) in [4.78, 5) is 34.1. The molecule has 1 heterocycles. The van der Waals surface area contributed by atoms with Crippen LogP contribution in [0.25, 0.3) is 0 Å². The van der Waals surface area contributed by atoms with Crippen molar-refractivity contribution in [1.82, 2.24) is 10.2 Å². The van der Waals surface area contributed by atoms with E-state index in [1.165, 1.54) is 18.7 Å². The number of nitrogen functional groups attached to an aromatic ring is 1. The van der Waals surface area contributed by atoms with Crippen LogP contribution in [0.4, 0.5) is 5.69 Å². The molecule has 10 nitrogen and oxygen atoms in total. The number of methoxy groups -OCH3 is 1. The number of amides is 1. The third-order valence-corrected chi connectivity index (χ3v) is 5.75. The molecule has 3 rings (SSSR count). The summed E-state index contributed by atoms with van der Waals surface area (Å²) in [6, 6.07) is 13.8. The summed E-state index contributed by atoms with van der Waals surface area (Å²) in [6.07, 6.45) is 1.03. The number of nitrogens with zero attached hydrogens (tertiary/aromatic N) is 1. The van der Waals surface area contributed by atoms with Gasteiger partial charge in [-0.3, -0.25) is 9.69 Å². The second kappa shape index (κ2) is 14.1. The summed E-state index contributed by atoms with van der Waals surface area (Å²) in [5, 5.41) is 18.9. The normalized spacial score (nSPS) is 16.5. The van der Waals surface area contributed by atoms with Gasteiger partial charge in [-0.05, 0) is 18.6 Å². The largest absolute Gasteiger partial charge is 0.496 e. The smallest absolute Gasteiger partial charge is 0.328 e. The van der Waals surface area contributed by atoms with Gasteiger partial charge in [-0.25, -0.2) is 9.59 Å². The molecular weight excluding hydrogens is 490 g/mol. The van der Waals surface area contributed by atoms with Gasteiger partial charge in [-0.15, -0.1) is 0 Å². The molecule has 0 radical (unpaired) electrons. The first-order chi connectivity index (χ1) is 17.1. The SMILES string of the molecule is COc1cc(N)c(Cl)cc1C(=O)NCC1CN(C(C)c2ccccc2)CCO1.O=C(O)/C=C/C(=O)O. The maximum Gasteiger partial charge on any atom is 0.328 e. The van der Waals surface area contributed by atoms with Crippen molar-refractivity contribution in [1.29, 1.82) is 0 Å². The van der Waals surface area contributed by atoms with Crippen molar-refractivity contribution in [3.8, 4) is 5.75 Å². The maximum atomic E-state index is 12.6. The Morgan fingerprint density at radius 1 is 1.22 bits per heavy atom. The highest BCUT2D eigenvalue weighted by molar-refractivity contribution is 6.33. The van der Waals surface area contributed by atoms with E-state index in [1.807, 2.05) is 6.07 Å². The van der Waals surface area contributed by atoms with Crippen LogP contribution in [-0.2, 0) is 14.3 Å². The van der Waals surface area contributed by atoms with Crippen molar-refractivity contribution in [2.24, 2.45) is 0 Å². The zero-order valence-corrected chi connectivity index (χ0v) is 20.8. The second-order valence-electron chi connectivity index (χ2n) is 7.87. The van der Waals surface area contributed by atoms with Crippen LogP contribution in [0.2, 0.25) is 5.02 Å². The fourth-order valence-corrected chi connectivity index (χ4v) is 3.68. The van der Waals surface area contributed by atoms with Crippen LogP contribution in [0.3, 0.4) is 0 Å². The fourth-order valence-electron chi connectivity index (χ4n) is 3.52. The lowest BCUT2D eigenvalue weighted by molar-refractivity contribution is -0.134. The van der Waals surface area contributed by atoms with Crippen LogP contribution >= 0.6 is 11.6 Å². The van der Waals surface area contributed by atoms with Crippen molar-refractivity contribution in [3.05, 3.63) is 70.8 Å². The van der Waals surface area contributed by atoms with Crippen LogP contribution in [-0.4, -0.2) is 72.4 Å². The summed E-state index contributed by atoms with van der Waals surface area (Å²) < 4.78 is 11.1. The van der Waals surface area contributed by atoms with Crippen molar-refractivity contribution in [3.63, 3.8) is 0 Å². The van der Waals surface area contributed by atoms with Gasteiger partial charge in [-0.1, -0.05) is 41.9 Å². The van der Waals surface area contributed by atoms with E-state index in [1.54, 1.807) is 6.07 Å². The van der Waals surface area contributed by atoms with E-state index in [-0.39, 0.29) is 12.0 Å². The molecule has 5 N–H and O–H groups in total. The van der Waals surface area contributed by atoms with Crippen LogP contribution < -0.4 is 15.8 Å². The molecule has 0 aliphatic carbocycles. The monoisotopic (exact) mass is 519 g/mol. The minimum Gasteiger partial charge on any atom is -0.496 e. The maximum absolute atomic E-state index is 12.6. The first-order valence-corrected chi connectivity index (χ1v) is 11.5. The van der Waals surface area contributed by atoms with Gasteiger partial charge in [0.1, 0.15) is 5.75 Å². The van der Waals surface area contributed by atoms with Gasteiger partial charge in [0.25, 0.3) is 5.91 Å². The number of nitrogens with two attached hydrogens (primary N) is 1. The average Bonchev–Trinajstić information content (AvgIpc) is 2.88. The molecule has 2 atom stereocenters. The van der Waals surface area contributed by atoms with Crippen LogP contribution in [0.1, 0.15) is 28.9 Å². The number of ether oxygens (including phenoxy) is 2. The Hall–Kier alpha value is -3.60. The van der Waals surface area contributed by atoms with Gasteiger partial charge < -0.3 is 30.7 Å². The van der Waals surface area contributed by atoms with E-state index >= 15 is 0 Å². The van der Waals surface area contributed by atoms with Gasteiger partial charge in [0.15, 0.2) is 0 Å². The lowest BCUT2D eigenvalue weighted by Gasteiger charge is -2.37. The molecule has 2 aromatic carbocycles. The zero-order valence-electron chi connectivity index (χ0n) is 20.0. The van der Waals surface area contributed by atoms with Gasteiger partial charge in [0, 0.05) is 43.9 Å². The van der Waals surface area contributed by atoms with E-state index in [0.717, 1.165) is 13.1 Å². The average molecular weight is 520 g/mol. The molecule has 2 aromatic rings. The second-order valence-corrected chi connectivity index (χ2v) is 8.28. The lowest BCUT2D eigenvalue weighted by atomic mass is 10.1. The molecule has 1 fully saturated rings. The Kier molecular flexibility index (Phi) is 11.2. The molecule has 2 unspecified atom stereocenters. The Labute approximate surface area is 214 Å². The molecule has 0 bridgehead atoms. The van der Waals surface area contributed by atoms with Crippen LogP contribution in [0.5, 0.6) is 5.75 Å². The minimum atomic E-state index is -1.26. The first kappa shape index (κ1) is 28.6. The number of nitrogens with one attached hydrogen (secondary N) is 1. The minimum absolute atomic E-state index is 0.0842. The van der Waals surface area contributed by atoms with Crippen LogP contribution in [0.15, 0.2) is 54.6 Å². The van der Waals surface area contributed by atoms with E-state index in [0.29, 0.717) is 53.4 Å².